The van der Waals surface area contributed by atoms with Crippen LogP contribution in [-0.2, 0) is 20.7 Å². The number of pyridine rings is 1. The summed E-state index contributed by atoms with van der Waals surface area (Å²) in [6.07, 6.45) is 3.54. The van der Waals surface area contributed by atoms with Crippen LogP contribution in [0.15, 0.2) is 54.9 Å². The van der Waals surface area contributed by atoms with Gasteiger partial charge in [0.25, 0.3) is 0 Å². The third kappa shape index (κ3) is 4.63. The first-order chi connectivity index (χ1) is 14.1. The predicted octanol–water partition coefficient (Wildman–Crippen LogP) is 1.08. The number of nitrogens with zero attached hydrogens (tertiary/aromatic N) is 3. The summed E-state index contributed by atoms with van der Waals surface area (Å²) < 4.78 is 4.95. The van der Waals surface area contributed by atoms with Crippen molar-refractivity contribution in [2.24, 2.45) is 0 Å². The molecule has 0 saturated carbocycles. The quantitative estimate of drug-likeness (QED) is 0.721. The van der Waals surface area contributed by atoms with Gasteiger partial charge in [-0.3, -0.25) is 14.6 Å². The predicted molar refractivity (Wildman–Crippen MR) is 108 cm³/mol. The van der Waals surface area contributed by atoms with Crippen LogP contribution >= 0.6 is 0 Å². The van der Waals surface area contributed by atoms with Gasteiger partial charge in [-0.1, -0.05) is 30.3 Å². The Labute approximate surface area is 170 Å². The first-order valence-corrected chi connectivity index (χ1v) is 9.65. The number of carbonyl (C=O) groups is 2. The van der Waals surface area contributed by atoms with E-state index in [9.17, 15) is 14.7 Å². The lowest BCUT2D eigenvalue weighted by molar-refractivity contribution is -0.154. The number of ether oxygens (including phenoxy) is 1. The fourth-order valence-electron chi connectivity index (χ4n) is 4.02. The summed E-state index contributed by atoms with van der Waals surface area (Å²) in [6.45, 7) is 0.238. The molecule has 1 saturated heterocycles. The third-order valence-corrected chi connectivity index (χ3v) is 5.46. The van der Waals surface area contributed by atoms with Gasteiger partial charge in [0.1, 0.15) is 6.61 Å². The van der Waals surface area contributed by atoms with Crippen LogP contribution in [0.2, 0.25) is 0 Å². The van der Waals surface area contributed by atoms with E-state index in [1.165, 1.54) is 7.11 Å². The zero-order valence-electron chi connectivity index (χ0n) is 16.8. The van der Waals surface area contributed by atoms with Crippen molar-refractivity contribution < 1.29 is 19.4 Å². The third-order valence-electron chi connectivity index (χ3n) is 5.46. The molecule has 1 aromatic heterocycles. The zero-order chi connectivity index (χ0) is 20.8. The van der Waals surface area contributed by atoms with Gasteiger partial charge in [0.05, 0.1) is 25.1 Å². The van der Waals surface area contributed by atoms with E-state index >= 15 is 0 Å². The monoisotopic (exact) mass is 397 g/mol. The fourth-order valence-corrected chi connectivity index (χ4v) is 4.02. The molecule has 154 valence electrons. The molecule has 1 aliphatic heterocycles. The van der Waals surface area contributed by atoms with Crippen LogP contribution in [0, 0.1) is 0 Å². The molecule has 29 heavy (non-hydrogen) atoms. The van der Waals surface area contributed by atoms with E-state index in [0.717, 1.165) is 11.1 Å². The molecule has 0 spiro atoms. The van der Waals surface area contributed by atoms with Gasteiger partial charge in [-0.05, 0) is 23.3 Å². The van der Waals surface area contributed by atoms with Crippen molar-refractivity contribution in [1.82, 2.24) is 14.8 Å². The Balaban J connectivity index is 1.83. The van der Waals surface area contributed by atoms with Gasteiger partial charge in [0.2, 0.25) is 11.8 Å². The first kappa shape index (κ1) is 21.0. The summed E-state index contributed by atoms with van der Waals surface area (Å²) in [4.78, 5) is 32.6. The molecular formula is C22H27N3O4. The maximum absolute atomic E-state index is 13.1. The van der Waals surface area contributed by atoms with Crippen LogP contribution in [0.1, 0.15) is 17.0 Å². The van der Waals surface area contributed by atoms with Crippen molar-refractivity contribution in [2.75, 3.05) is 33.9 Å². The first-order valence-electron chi connectivity index (χ1n) is 9.65. The number of likely N-dealkylation sites (tertiary alicyclic amines) is 1. The SMILES string of the molecule is COCC(=O)N(C)C[C@H]1[C@@H](c2ccccc2)[C@H](CO)N1C(=O)Cc1ccncc1. The molecule has 2 amide bonds. The number of hydrogen-bond donors (Lipinski definition) is 1. The molecule has 1 N–H and O–H groups in total. The second-order valence-electron chi connectivity index (χ2n) is 7.29. The molecular weight excluding hydrogens is 370 g/mol. The van der Waals surface area contributed by atoms with Gasteiger partial charge in [-0.2, -0.15) is 0 Å². The number of methoxy groups -OCH3 is 1. The number of likely N-dealkylation sites (N-methyl/N-ethyl adjacent to an activating group) is 1. The molecule has 0 radical (unpaired) electrons. The maximum atomic E-state index is 13.1. The number of benzene rings is 1. The maximum Gasteiger partial charge on any atom is 0.248 e. The minimum Gasteiger partial charge on any atom is -0.394 e. The summed E-state index contributed by atoms with van der Waals surface area (Å²) in [5.41, 5.74) is 1.92. The number of carbonyl (C=O) groups excluding carboxylic acids is 2. The Hall–Kier alpha value is -2.77. The number of rotatable bonds is 8. The Bertz CT molecular complexity index is 815. The summed E-state index contributed by atoms with van der Waals surface area (Å²) in [5.74, 6) is -0.256. The Morgan fingerprint density at radius 1 is 1.14 bits per heavy atom. The van der Waals surface area contributed by atoms with Crippen LogP contribution in [0.25, 0.3) is 0 Å². The highest BCUT2D eigenvalue weighted by Gasteiger charge is 2.51. The van der Waals surface area contributed by atoms with E-state index in [0.29, 0.717) is 6.54 Å². The molecule has 7 nitrogen and oxygen atoms in total. The van der Waals surface area contributed by atoms with E-state index in [1.807, 2.05) is 42.5 Å². The molecule has 0 bridgehead atoms. The van der Waals surface area contributed by atoms with Gasteiger partial charge in [0, 0.05) is 39.0 Å². The van der Waals surface area contributed by atoms with Crippen LogP contribution < -0.4 is 0 Å². The average Bonchev–Trinajstić information content (AvgIpc) is 2.72. The highest BCUT2D eigenvalue weighted by Crippen LogP contribution is 2.41. The summed E-state index contributed by atoms with van der Waals surface area (Å²) in [5, 5.41) is 10.0. The van der Waals surface area contributed by atoms with Crippen LogP contribution in [0.5, 0.6) is 0 Å². The minimum absolute atomic E-state index is 0.00634. The van der Waals surface area contributed by atoms with E-state index in [-0.39, 0.29) is 49.5 Å². The molecule has 1 fully saturated rings. The Kier molecular flexibility index (Phi) is 6.95. The second-order valence-corrected chi connectivity index (χ2v) is 7.29. The van der Waals surface area contributed by atoms with Crippen LogP contribution in [0.3, 0.4) is 0 Å². The number of aliphatic hydroxyl groups is 1. The van der Waals surface area contributed by atoms with Crippen molar-refractivity contribution in [3.8, 4) is 0 Å². The van der Waals surface area contributed by atoms with Crippen molar-refractivity contribution in [1.29, 1.82) is 0 Å². The Morgan fingerprint density at radius 2 is 1.83 bits per heavy atom. The average molecular weight is 397 g/mol. The minimum atomic E-state index is -0.317. The molecule has 0 aliphatic carbocycles. The number of amides is 2. The van der Waals surface area contributed by atoms with Crippen molar-refractivity contribution in [3.63, 3.8) is 0 Å². The van der Waals surface area contributed by atoms with E-state index in [4.69, 9.17) is 4.74 Å². The van der Waals surface area contributed by atoms with Gasteiger partial charge in [-0.15, -0.1) is 0 Å². The summed E-state index contributed by atoms with van der Waals surface area (Å²) in [7, 11) is 3.19. The van der Waals surface area contributed by atoms with Gasteiger partial charge in [0.15, 0.2) is 0 Å². The van der Waals surface area contributed by atoms with Crippen LogP contribution in [0.4, 0.5) is 0 Å². The lowest BCUT2D eigenvalue weighted by Gasteiger charge is -2.56. The number of aliphatic hydroxyl groups excluding tert-OH is 1. The van der Waals surface area contributed by atoms with E-state index in [2.05, 4.69) is 4.98 Å². The topological polar surface area (TPSA) is 83.0 Å². The Morgan fingerprint density at radius 3 is 2.45 bits per heavy atom. The normalized spacial score (nSPS) is 20.8. The summed E-state index contributed by atoms with van der Waals surface area (Å²) in [6, 6.07) is 12.9. The van der Waals surface area contributed by atoms with E-state index in [1.54, 1.807) is 29.2 Å². The van der Waals surface area contributed by atoms with Gasteiger partial charge in [-0.25, -0.2) is 0 Å². The van der Waals surface area contributed by atoms with Crippen LogP contribution in [-0.4, -0.2) is 77.7 Å². The smallest absolute Gasteiger partial charge is 0.248 e. The molecule has 7 heteroatoms. The molecule has 2 aromatic rings. The number of aromatic nitrogens is 1. The van der Waals surface area contributed by atoms with Crippen molar-refractivity contribution in [2.45, 2.75) is 24.4 Å². The highest BCUT2D eigenvalue weighted by molar-refractivity contribution is 5.81. The standard InChI is InChI=1S/C22H27N3O4/c1-24(21(28)15-29-2)13-18-22(17-6-4-3-5-7-17)19(14-26)25(18)20(27)12-16-8-10-23-11-9-16/h3-11,18-19,22,26H,12-15H2,1-2H3/t18-,19-,22+/m0/s1. The zero-order valence-corrected chi connectivity index (χ0v) is 16.8. The lowest BCUT2D eigenvalue weighted by atomic mass is 9.74. The van der Waals surface area contributed by atoms with Crippen molar-refractivity contribution >= 4 is 11.8 Å². The number of hydrogen-bond acceptors (Lipinski definition) is 5. The molecule has 1 aromatic carbocycles. The summed E-state index contributed by atoms with van der Waals surface area (Å²) >= 11 is 0. The largest absolute Gasteiger partial charge is 0.394 e. The van der Waals surface area contributed by atoms with Gasteiger partial charge >= 0.3 is 0 Å². The molecule has 1 aliphatic rings. The fraction of sp³-hybridized carbons (Fsp3) is 0.409. The lowest BCUT2D eigenvalue weighted by Crippen LogP contribution is -2.69. The van der Waals surface area contributed by atoms with E-state index < -0.39 is 0 Å². The van der Waals surface area contributed by atoms with Crippen molar-refractivity contribution in [3.05, 3.63) is 66.0 Å². The molecule has 3 rings (SSSR count). The highest BCUT2D eigenvalue weighted by atomic mass is 16.5. The molecule has 2 heterocycles. The second kappa shape index (κ2) is 9.62. The van der Waals surface area contributed by atoms with Gasteiger partial charge < -0.3 is 19.6 Å². The molecule has 3 atom stereocenters. The molecule has 0 unspecified atom stereocenters.